The molecule has 7 heteroatoms. The maximum Gasteiger partial charge on any atom is 0.214 e. The Hall–Kier alpha value is -1.99. The Morgan fingerprint density at radius 1 is 1.21 bits per heavy atom. The maximum atomic E-state index is 5.62. The number of aromatic nitrogens is 4. The van der Waals surface area contributed by atoms with Gasteiger partial charge in [0.25, 0.3) is 0 Å². The Kier molecular flexibility index (Phi) is 4.82. The molecule has 0 bridgehead atoms. The van der Waals surface area contributed by atoms with E-state index < -0.39 is 0 Å². The molecular weight excluding hydrogens is 306 g/mol. The summed E-state index contributed by atoms with van der Waals surface area (Å²) in [6, 6.07) is 8.14. The molecule has 130 valence electrons. The molecule has 0 aliphatic carbocycles. The fraction of sp³-hybridized carbons (Fsp3) is 0.588. The number of quaternary nitrogens is 1. The fourth-order valence-electron chi connectivity index (χ4n) is 3.22. The molecule has 2 heterocycles. The average molecular weight is 332 g/mol. The minimum absolute atomic E-state index is 0.0132. The van der Waals surface area contributed by atoms with Gasteiger partial charge in [-0.1, -0.05) is 12.1 Å². The van der Waals surface area contributed by atoms with Gasteiger partial charge in [0.05, 0.1) is 31.4 Å². The summed E-state index contributed by atoms with van der Waals surface area (Å²) < 4.78 is 13.1. The second kappa shape index (κ2) is 6.86. The van der Waals surface area contributed by atoms with E-state index in [4.69, 9.17) is 9.47 Å². The molecule has 1 aromatic carbocycles. The van der Waals surface area contributed by atoms with Crippen molar-refractivity contribution in [2.24, 2.45) is 0 Å². The molecule has 0 spiro atoms. The zero-order chi connectivity index (χ0) is 17.2. The van der Waals surface area contributed by atoms with Crippen molar-refractivity contribution in [3.8, 4) is 5.75 Å². The van der Waals surface area contributed by atoms with Gasteiger partial charge in [-0.15, -0.1) is 5.10 Å². The first-order valence-corrected chi connectivity index (χ1v) is 8.36. The lowest BCUT2D eigenvalue weighted by Crippen LogP contribution is -3.14. The normalized spacial score (nSPS) is 17.7. The quantitative estimate of drug-likeness (QED) is 0.880. The van der Waals surface area contributed by atoms with Crippen LogP contribution in [-0.4, -0.2) is 53.6 Å². The van der Waals surface area contributed by atoms with Gasteiger partial charge in [0.1, 0.15) is 18.8 Å². The van der Waals surface area contributed by atoms with Gasteiger partial charge in [-0.2, -0.15) is 0 Å². The summed E-state index contributed by atoms with van der Waals surface area (Å²) in [5, 5.41) is 12.6. The third kappa shape index (κ3) is 3.27. The molecule has 1 N–H and O–H groups in total. The molecule has 1 aromatic heterocycles. The molecule has 1 aliphatic heterocycles. The van der Waals surface area contributed by atoms with E-state index in [1.54, 1.807) is 7.11 Å². The highest BCUT2D eigenvalue weighted by Gasteiger charge is 2.36. The first-order valence-electron chi connectivity index (χ1n) is 8.36. The lowest BCUT2D eigenvalue weighted by atomic mass is 10.0. The fourth-order valence-corrected chi connectivity index (χ4v) is 3.22. The van der Waals surface area contributed by atoms with Crippen molar-refractivity contribution in [3.05, 3.63) is 35.7 Å². The van der Waals surface area contributed by atoms with E-state index in [-0.39, 0.29) is 11.6 Å². The van der Waals surface area contributed by atoms with Gasteiger partial charge in [0.2, 0.25) is 5.82 Å². The summed E-state index contributed by atoms with van der Waals surface area (Å²) in [4.78, 5) is 1.39. The Balaban J connectivity index is 2.11. The smallest absolute Gasteiger partial charge is 0.214 e. The van der Waals surface area contributed by atoms with Crippen molar-refractivity contribution in [2.45, 2.75) is 32.4 Å². The predicted octanol–water partition coefficient (Wildman–Crippen LogP) is 0.441. The van der Waals surface area contributed by atoms with Crippen molar-refractivity contribution in [1.82, 2.24) is 20.2 Å². The number of para-hydroxylation sites is 1. The van der Waals surface area contributed by atoms with E-state index in [0.29, 0.717) is 0 Å². The number of nitrogens with zero attached hydrogens (tertiary/aromatic N) is 4. The number of hydrogen-bond donors (Lipinski definition) is 1. The summed E-state index contributed by atoms with van der Waals surface area (Å²) in [5.74, 6) is 1.73. The Morgan fingerprint density at radius 2 is 1.92 bits per heavy atom. The van der Waals surface area contributed by atoms with Crippen LogP contribution in [0, 0.1) is 0 Å². The van der Waals surface area contributed by atoms with Gasteiger partial charge in [-0.05, 0) is 43.3 Å². The summed E-state index contributed by atoms with van der Waals surface area (Å²) in [6.07, 6.45) is 0. The number of ether oxygens (including phenoxy) is 2. The maximum absolute atomic E-state index is 5.62. The third-order valence-electron chi connectivity index (χ3n) is 4.38. The Bertz CT molecular complexity index is 674. The predicted molar refractivity (Wildman–Crippen MR) is 89.2 cm³/mol. The monoisotopic (exact) mass is 332 g/mol. The zero-order valence-electron chi connectivity index (χ0n) is 14.8. The largest absolute Gasteiger partial charge is 0.496 e. The lowest BCUT2D eigenvalue weighted by molar-refractivity contribution is -0.933. The van der Waals surface area contributed by atoms with Crippen LogP contribution >= 0.6 is 0 Å². The molecule has 2 aromatic rings. The summed E-state index contributed by atoms with van der Waals surface area (Å²) in [6.45, 7) is 9.66. The minimum Gasteiger partial charge on any atom is -0.496 e. The van der Waals surface area contributed by atoms with Crippen molar-refractivity contribution in [1.29, 1.82) is 0 Å². The highest BCUT2D eigenvalue weighted by molar-refractivity contribution is 5.37. The number of rotatable bonds is 4. The van der Waals surface area contributed by atoms with E-state index in [0.717, 1.165) is 43.4 Å². The second-order valence-electron chi connectivity index (χ2n) is 7.07. The molecule has 0 amide bonds. The van der Waals surface area contributed by atoms with Crippen LogP contribution in [0.4, 0.5) is 0 Å². The van der Waals surface area contributed by atoms with Gasteiger partial charge in [0.15, 0.2) is 6.04 Å². The van der Waals surface area contributed by atoms with Crippen LogP contribution in [-0.2, 0) is 10.3 Å². The Morgan fingerprint density at radius 3 is 2.58 bits per heavy atom. The van der Waals surface area contributed by atoms with E-state index in [1.807, 2.05) is 22.9 Å². The minimum atomic E-state index is -0.190. The van der Waals surface area contributed by atoms with Crippen molar-refractivity contribution in [3.63, 3.8) is 0 Å². The van der Waals surface area contributed by atoms with E-state index >= 15 is 0 Å². The molecule has 1 aliphatic rings. The second-order valence-corrected chi connectivity index (χ2v) is 7.07. The molecule has 24 heavy (non-hydrogen) atoms. The molecule has 1 saturated heterocycles. The van der Waals surface area contributed by atoms with Gasteiger partial charge in [0, 0.05) is 0 Å². The average Bonchev–Trinajstić information content (AvgIpc) is 3.06. The molecule has 0 saturated carbocycles. The molecule has 1 atom stereocenters. The van der Waals surface area contributed by atoms with Crippen LogP contribution in [0.15, 0.2) is 24.3 Å². The van der Waals surface area contributed by atoms with Gasteiger partial charge >= 0.3 is 0 Å². The van der Waals surface area contributed by atoms with Gasteiger partial charge < -0.3 is 14.4 Å². The van der Waals surface area contributed by atoms with E-state index in [1.165, 1.54) is 4.90 Å². The number of nitrogens with one attached hydrogen (secondary N) is 1. The zero-order valence-corrected chi connectivity index (χ0v) is 14.8. The van der Waals surface area contributed by atoms with Crippen LogP contribution in [0.2, 0.25) is 0 Å². The first-order chi connectivity index (χ1) is 11.5. The summed E-state index contributed by atoms with van der Waals surface area (Å²) in [7, 11) is 1.71. The third-order valence-corrected chi connectivity index (χ3v) is 4.38. The van der Waals surface area contributed by atoms with Crippen LogP contribution in [0.1, 0.15) is 38.2 Å². The molecule has 0 unspecified atom stereocenters. The number of morpholine rings is 1. The molecule has 0 radical (unpaired) electrons. The van der Waals surface area contributed by atoms with Crippen molar-refractivity contribution in [2.75, 3.05) is 33.4 Å². The SMILES string of the molecule is COc1ccccc1[C@@H](c1nnnn1C(C)(C)C)[NH+]1CCOCC1. The van der Waals surface area contributed by atoms with E-state index in [9.17, 15) is 0 Å². The molecule has 1 fully saturated rings. The highest BCUT2D eigenvalue weighted by Crippen LogP contribution is 2.28. The van der Waals surface area contributed by atoms with Crippen LogP contribution < -0.4 is 9.64 Å². The number of hydrogen-bond acceptors (Lipinski definition) is 5. The summed E-state index contributed by atoms with van der Waals surface area (Å²) in [5.41, 5.74) is 0.919. The Labute approximate surface area is 142 Å². The van der Waals surface area contributed by atoms with Gasteiger partial charge in [-0.3, -0.25) is 0 Å². The number of benzene rings is 1. The van der Waals surface area contributed by atoms with Crippen molar-refractivity contribution < 1.29 is 14.4 Å². The van der Waals surface area contributed by atoms with Crippen molar-refractivity contribution >= 4 is 0 Å². The van der Waals surface area contributed by atoms with E-state index in [2.05, 4.69) is 42.4 Å². The number of tetrazole rings is 1. The molecule has 3 rings (SSSR count). The number of methoxy groups -OCH3 is 1. The topological polar surface area (TPSA) is 66.5 Å². The molecule has 7 nitrogen and oxygen atoms in total. The van der Waals surface area contributed by atoms with Gasteiger partial charge in [-0.25, -0.2) is 4.68 Å². The molecular formula is C17H26N5O2+. The highest BCUT2D eigenvalue weighted by atomic mass is 16.5. The van der Waals surface area contributed by atoms with Crippen LogP contribution in [0.25, 0.3) is 0 Å². The van der Waals surface area contributed by atoms with Crippen LogP contribution in [0.5, 0.6) is 5.75 Å². The van der Waals surface area contributed by atoms with Crippen LogP contribution in [0.3, 0.4) is 0 Å². The standard InChI is InChI=1S/C17H25N5O2/c1-17(2,3)22-16(18-19-20-22)15(21-9-11-24-12-10-21)13-7-5-6-8-14(13)23-4/h5-8,15H,9-12H2,1-4H3/p+1/t15-/m0/s1. The summed E-state index contributed by atoms with van der Waals surface area (Å²) >= 11 is 0. The first kappa shape index (κ1) is 16.9. The lowest BCUT2D eigenvalue weighted by Gasteiger charge is -2.33.